The molecule has 4 rings (SSSR count). The van der Waals surface area contributed by atoms with E-state index >= 15 is 0 Å². The predicted molar refractivity (Wildman–Crippen MR) is 143 cm³/mol. The molecule has 0 atom stereocenters. The van der Waals surface area contributed by atoms with Crippen molar-refractivity contribution in [1.82, 2.24) is 10.2 Å². The number of hydrogen-bond acceptors (Lipinski definition) is 9. The first-order valence-electron chi connectivity index (χ1n) is 13.1. The number of ketones is 1. The van der Waals surface area contributed by atoms with Crippen molar-refractivity contribution in [3.05, 3.63) is 47.5 Å². The maximum absolute atomic E-state index is 13.7. The van der Waals surface area contributed by atoms with E-state index in [1.807, 2.05) is 6.07 Å². The summed E-state index contributed by atoms with van der Waals surface area (Å²) in [5.41, 5.74) is 0.0335. The highest BCUT2D eigenvalue weighted by molar-refractivity contribution is 6.01. The molecule has 0 saturated carbocycles. The predicted octanol–water partition coefficient (Wildman–Crippen LogP) is 3.60. The van der Waals surface area contributed by atoms with Crippen molar-refractivity contribution < 1.29 is 38.1 Å². The maximum Gasteiger partial charge on any atom is 0.417 e. The number of nitrogens with zero attached hydrogens (tertiary/aromatic N) is 1. The lowest BCUT2D eigenvalue weighted by Crippen LogP contribution is -2.49. The highest BCUT2D eigenvalue weighted by atomic mass is 16.6. The Morgan fingerprint density at radius 3 is 2.00 bits per heavy atom. The maximum atomic E-state index is 13.7. The number of carbonyl (C=O) groups is 3. The van der Waals surface area contributed by atoms with Gasteiger partial charge in [0.1, 0.15) is 0 Å². The molecule has 2 aromatic carbocycles. The van der Waals surface area contributed by atoms with E-state index in [1.54, 1.807) is 30.3 Å². The monoisotopic (exact) mass is 540 g/mol. The van der Waals surface area contributed by atoms with Gasteiger partial charge in [0.15, 0.2) is 28.8 Å². The molecule has 10 heteroatoms. The summed E-state index contributed by atoms with van der Waals surface area (Å²) in [6.07, 6.45) is 1.08. The van der Waals surface area contributed by atoms with Gasteiger partial charge < -0.3 is 33.9 Å². The molecule has 39 heavy (non-hydrogen) atoms. The molecule has 0 spiro atoms. The van der Waals surface area contributed by atoms with E-state index in [1.165, 1.54) is 33.3 Å². The molecule has 2 saturated heterocycles. The molecule has 0 unspecified atom stereocenters. The average molecular weight is 541 g/mol. The van der Waals surface area contributed by atoms with Crippen molar-refractivity contribution in [1.29, 1.82) is 0 Å². The molecule has 2 aromatic rings. The average Bonchev–Trinajstić information content (AvgIpc) is 2.99. The number of piperidine rings is 2. The van der Waals surface area contributed by atoms with Gasteiger partial charge in [0.25, 0.3) is 0 Å². The summed E-state index contributed by atoms with van der Waals surface area (Å²) in [6, 6.07) is 10.6. The summed E-state index contributed by atoms with van der Waals surface area (Å²) >= 11 is 0. The van der Waals surface area contributed by atoms with E-state index < -0.39 is 17.5 Å². The second-order valence-electron chi connectivity index (χ2n) is 9.70. The largest absolute Gasteiger partial charge is 0.493 e. The van der Waals surface area contributed by atoms with Crippen LogP contribution in [0, 0.1) is 5.92 Å². The van der Waals surface area contributed by atoms with Crippen LogP contribution in [0.4, 0.5) is 4.79 Å². The van der Waals surface area contributed by atoms with Gasteiger partial charge in [-0.3, -0.25) is 9.59 Å². The molecule has 2 aliphatic rings. The Labute approximate surface area is 228 Å². The van der Waals surface area contributed by atoms with Crippen LogP contribution >= 0.6 is 0 Å². The number of esters is 1. The molecular formula is C29H36N2O8. The van der Waals surface area contributed by atoms with Crippen LogP contribution in [0.25, 0.3) is 0 Å². The minimum absolute atomic E-state index is 0.0615. The fourth-order valence-electron chi connectivity index (χ4n) is 5.57. The van der Waals surface area contributed by atoms with Crippen molar-refractivity contribution in [2.45, 2.75) is 31.1 Å². The van der Waals surface area contributed by atoms with Gasteiger partial charge in [-0.1, -0.05) is 18.2 Å². The third-order valence-corrected chi connectivity index (χ3v) is 7.74. The smallest absolute Gasteiger partial charge is 0.417 e. The summed E-state index contributed by atoms with van der Waals surface area (Å²) in [6.45, 7) is 1.77. The molecule has 10 nitrogen and oxygen atoms in total. The fourth-order valence-corrected chi connectivity index (χ4v) is 5.57. The van der Waals surface area contributed by atoms with E-state index in [2.05, 4.69) is 5.32 Å². The number of ether oxygens (including phenoxy) is 5. The lowest BCUT2D eigenvalue weighted by Gasteiger charge is -2.37. The Kier molecular flexibility index (Phi) is 8.96. The summed E-state index contributed by atoms with van der Waals surface area (Å²) in [4.78, 5) is 41.5. The molecule has 2 heterocycles. The van der Waals surface area contributed by atoms with Crippen LogP contribution in [0.2, 0.25) is 0 Å². The van der Waals surface area contributed by atoms with Gasteiger partial charge in [-0.25, -0.2) is 4.79 Å². The number of carbonyl (C=O) groups excluding carboxylic acids is 3. The zero-order valence-electron chi connectivity index (χ0n) is 22.9. The van der Waals surface area contributed by atoms with Gasteiger partial charge in [0.05, 0.1) is 39.4 Å². The minimum Gasteiger partial charge on any atom is -0.493 e. The zero-order valence-corrected chi connectivity index (χ0v) is 22.9. The van der Waals surface area contributed by atoms with Crippen LogP contribution < -0.4 is 24.3 Å². The van der Waals surface area contributed by atoms with Crippen molar-refractivity contribution in [2.75, 3.05) is 54.6 Å². The number of rotatable bonds is 8. The number of nitrogens with one attached hydrogen (secondary N) is 1. The van der Waals surface area contributed by atoms with Crippen molar-refractivity contribution in [3.63, 3.8) is 0 Å². The standard InChI is InChI=1S/C29H36N2O8/c1-35-22-9-5-7-20(25(22)37-3)24(32)19-11-17-31(18-12-19)28(34)39-27(33)29(13-15-30-16-14-29)21-8-6-10-23(36-2)26(21)38-4/h5-10,19,30H,11-18H2,1-4H3. The Bertz CT molecular complexity index is 1200. The molecule has 1 amide bonds. The molecule has 0 aliphatic carbocycles. The molecule has 2 aliphatic heterocycles. The second kappa shape index (κ2) is 12.4. The van der Waals surface area contributed by atoms with Crippen LogP contribution in [0.1, 0.15) is 41.6 Å². The first-order chi connectivity index (χ1) is 18.9. The molecule has 0 bridgehead atoms. The highest BCUT2D eigenvalue weighted by Crippen LogP contribution is 2.44. The molecule has 1 N–H and O–H groups in total. The number of amides is 1. The summed E-state index contributed by atoms with van der Waals surface area (Å²) < 4.78 is 27.3. The Morgan fingerprint density at radius 2 is 1.41 bits per heavy atom. The SMILES string of the molecule is COc1cccc(C(=O)C2CCN(C(=O)OC(=O)C3(c4cccc(OC)c4OC)CCNCC3)CC2)c1OC. The number of methoxy groups -OCH3 is 4. The topological polar surface area (TPSA) is 113 Å². The highest BCUT2D eigenvalue weighted by Gasteiger charge is 2.47. The third kappa shape index (κ3) is 5.52. The van der Waals surface area contributed by atoms with Gasteiger partial charge in [-0.2, -0.15) is 0 Å². The Hall–Kier alpha value is -3.79. The van der Waals surface area contributed by atoms with Crippen LogP contribution in [0.5, 0.6) is 23.0 Å². The number of Topliss-reactive ketones (excluding diaryl/α,β-unsaturated/α-hetero) is 1. The van der Waals surface area contributed by atoms with Crippen LogP contribution in [-0.4, -0.2) is 77.4 Å². The summed E-state index contributed by atoms with van der Waals surface area (Å²) in [5.74, 6) is 0.890. The number of benzene rings is 2. The quantitative estimate of drug-likeness (QED) is 0.305. The van der Waals surface area contributed by atoms with Crippen molar-refractivity contribution in [3.8, 4) is 23.0 Å². The van der Waals surface area contributed by atoms with Gasteiger partial charge in [0, 0.05) is 24.6 Å². The van der Waals surface area contributed by atoms with Gasteiger partial charge in [-0.15, -0.1) is 0 Å². The van der Waals surface area contributed by atoms with Gasteiger partial charge in [-0.05, 0) is 57.0 Å². The molecular weight excluding hydrogens is 504 g/mol. The van der Waals surface area contributed by atoms with Gasteiger partial charge in [0.2, 0.25) is 0 Å². The van der Waals surface area contributed by atoms with Crippen LogP contribution in [-0.2, 0) is 14.9 Å². The first kappa shape index (κ1) is 28.2. The number of likely N-dealkylation sites (tertiary alicyclic amines) is 1. The number of para-hydroxylation sites is 2. The van der Waals surface area contributed by atoms with Crippen LogP contribution in [0.15, 0.2) is 36.4 Å². The van der Waals surface area contributed by atoms with Crippen LogP contribution in [0.3, 0.4) is 0 Å². The fraction of sp³-hybridized carbons (Fsp3) is 0.483. The molecule has 210 valence electrons. The lowest BCUT2D eigenvalue weighted by atomic mass is 9.72. The van der Waals surface area contributed by atoms with E-state index in [0.717, 1.165) is 0 Å². The Balaban J connectivity index is 1.46. The first-order valence-corrected chi connectivity index (χ1v) is 13.1. The van der Waals surface area contributed by atoms with E-state index in [-0.39, 0.29) is 11.7 Å². The van der Waals surface area contributed by atoms with E-state index in [0.29, 0.717) is 86.0 Å². The Morgan fingerprint density at radius 1 is 0.821 bits per heavy atom. The second-order valence-corrected chi connectivity index (χ2v) is 9.70. The molecule has 0 radical (unpaired) electrons. The van der Waals surface area contributed by atoms with E-state index in [4.69, 9.17) is 23.7 Å². The van der Waals surface area contributed by atoms with E-state index in [9.17, 15) is 14.4 Å². The zero-order chi connectivity index (χ0) is 28.0. The van der Waals surface area contributed by atoms with Crippen molar-refractivity contribution >= 4 is 17.8 Å². The number of hydrogen-bond donors (Lipinski definition) is 1. The normalized spacial score (nSPS) is 17.2. The van der Waals surface area contributed by atoms with Crippen molar-refractivity contribution in [2.24, 2.45) is 5.92 Å². The molecule has 2 fully saturated rings. The third-order valence-electron chi connectivity index (χ3n) is 7.74. The summed E-state index contributed by atoms with van der Waals surface area (Å²) in [7, 11) is 6.09. The molecule has 0 aromatic heterocycles. The lowest BCUT2D eigenvalue weighted by molar-refractivity contribution is -0.146. The minimum atomic E-state index is -1.06. The van der Waals surface area contributed by atoms with Gasteiger partial charge >= 0.3 is 12.1 Å². The summed E-state index contributed by atoms with van der Waals surface area (Å²) in [5, 5.41) is 3.27.